The highest BCUT2D eigenvalue weighted by molar-refractivity contribution is 5.04. The molecule has 86 valence electrons. The largest absolute Gasteiger partial charge is 0.338 e. The quantitative estimate of drug-likeness (QED) is 0.805. The molecule has 1 rings (SSSR count). The van der Waals surface area contributed by atoms with Gasteiger partial charge in [0, 0.05) is 31.4 Å². The van der Waals surface area contributed by atoms with Crippen molar-refractivity contribution in [1.29, 1.82) is 0 Å². The second kappa shape index (κ2) is 5.31. The Hall–Kier alpha value is -0.830. The number of imidazole rings is 1. The monoisotopic (exact) mass is 209 g/mol. The Bertz CT molecular complexity index is 291. The summed E-state index contributed by atoms with van der Waals surface area (Å²) in [6.07, 6.45) is 3.90. The first-order valence-corrected chi connectivity index (χ1v) is 5.78. The lowest BCUT2D eigenvalue weighted by Gasteiger charge is -2.27. The Morgan fingerprint density at radius 3 is 2.47 bits per heavy atom. The molecule has 0 aromatic carbocycles. The van der Waals surface area contributed by atoms with Crippen molar-refractivity contribution in [3.8, 4) is 0 Å². The number of hydrogen-bond donors (Lipinski definition) is 1. The highest BCUT2D eigenvalue weighted by Crippen LogP contribution is 2.26. The van der Waals surface area contributed by atoms with Crippen molar-refractivity contribution in [1.82, 2.24) is 14.9 Å². The fourth-order valence-electron chi connectivity index (χ4n) is 2.25. The first-order valence-electron chi connectivity index (χ1n) is 5.78. The molecule has 3 nitrogen and oxygen atoms in total. The predicted molar refractivity (Wildman–Crippen MR) is 63.9 cm³/mol. The van der Waals surface area contributed by atoms with Crippen LogP contribution in [0.15, 0.2) is 12.4 Å². The first kappa shape index (κ1) is 12.2. The van der Waals surface area contributed by atoms with Crippen LogP contribution in [0.3, 0.4) is 0 Å². The maximum absolute atomic E-state index is 4.46. The number of aryl methyl sites for hydroxylation is 1. The maximum atomic E-state index is 4.46. The molecule has 1 aromatic rings. The van der Waals surface area contributed by atoms with Crippen molar-refractivity contribution in [3.05, 3.63) is 18.2 Å². The minimum atomic E-state index is 0.469. The minimum Gasteiger partial charge on any atom is -0.338 e. The molecule has 0 aliphatic heterocycles. The van der Waals surface area contributed by atoms with Crippen LogP contribution in [0.5, 0.6) is 0 Å². The van der Waals surface area contributed by atoms with Gasteiger partial charge in [0.2, 0.25) is 0 Å². The lowest BCUT2D eigenvalue weighted by Crippen LogP contribution is -2.35. The Balaban J connectivity index is 2.88. The molecule has 1 aromatic heterocycles. The Morgan fingerprint density at radius 1 is 1.40 bits per heavy atom. The van der Waals surface area contributed by atoms with Gasteiger partial charge < -0.3 is 9.88 Å². The van der Waals surface area contributed by atoms with Gasteiger partial charge in [-0.15, -0.1) is 0 Å². The third-order valence-corrected chi connectivity index (χ3v) is 2.94. The SMILES string of the molecule is CCNC(C)C(c1nccn1C)C(C)C. The van der Waals surface area contributed by atoms with Crippen LogP contribution in [-0.2, 0) is 7.05 Å². The minimum absolute atomic E-state index is 0.469. The van der Waals surface area contributed by atoms with E-state index in [1.807, 2.05) is 12.4 Å². The zero-order chi connectivity index (χ0) is 11.4. The lowest BCUT2D eigenvalue weighted by molar-refractivity contribution is 0.362. The highest BCUT2D eigenvalue weighted by Gasteiger charge is 2.25. The van der Waals surface area contributed by atoms with Crippen molar-refractivity contribution < 1.29 is 0 Å². The fourth-order valence-corrected chi connectivity index (χ4v) is 2.25. The van der Waals surface area contributed by atoms with Crippen molar-refractivity contribution in [2.45, 2.75) is 39.7 Å². The van der Waals surface area contributed by atoms with Crippen LogP contribution >= 0.6 is 0 Å². The van der Waals surface area contributed by atoms with Gasteiger partial charge in [0.1, 0.15) is 5.82 Å². The van der Waals surface area contributed by atoms with Gasteiger partial charge in [-0.2, -0.15) is 0 Å². The van der Waals surface area contributed by atoms with Gasteiger partial charge in [-0.25, -0.2) is 4.98 Å². The van der Waals surface area contributed by atoms with Gasteiger partial charge in [0.25, 0.3) is 0 Å². The summed E-state index contributed by atoms with van der Waals surface area (Å²) in [5.74, 6) is 2.25. The molecule has 0 aliphatic carbocycles. The van der Waals surface area contributed by atoms with Crippen LogP contribution in [0.2, 0.25) is 0 Å². The van der Waals surface area contributed by atoms with E-state index >= 15 is 0 Å². The third-order valence-electron chi connectivity index (χ3n) is 2.94. The molecule has 0 amide bonds. The molecule has 0 saturated heterocycles. The molecule has 2 atom stereocenters. The lowest BCUT2D eigenvalue weighted by atomic mass is 9.88. The summed E-state index contributed by atoms with van der Waals surface area (Å²) in [5.41, 5.74) is 0. The molecular weight excluding hydrogens is 186 g/mol. The van der Waals surface area contributed by atoms with Crippen molar-refractivity contribution in [2.75, 3.05) is 6.54 Å². The van der Waals surface area contributed by atoms with E-state index in [4.69, 9.17) is 0 Å². The normalized spacial score (nSPS) is 15.6. The van der Waals surface area contributed by atoms with Crippen LogP contribution in [0, 0.1) is 5.92 Å². The topological polar surface area (TPSA) is 29.9 Å². The van der Waals surface area contributed by atoms with Crippen LogP contribution in [0.25, 0.3) is 0 Å². The zero-order valence-electron chi connectivity index (χ0n) is 10.5. The van der Waals surface area contributed by atoms with Gasteiger partial charge in [0.05, 0.1) is 0 Å². The second-order valence-electron chi connectivity index (χ2n) is 4.51. The highest BCUT2D eigenvalue weighted by atomic mass is 15.1. The number of nitrogens with zero attached hydrogens (tertiary/aromatic N) is 2. The van der Waals surface area contributed by atoms with Crippen LogP contribution in [0.4, 0.5) is 0 Å². The maximum Gasteiger partial charge on any atom is 0.113 e. The van der Waals surface area contributed by atoms with E-state index in [1.165, 1.54) is 5.82 Å². The van der Waals surface area contributed by atoms with Crippen LogP contribution in [-0.4, -0.2) is 22.1 Å². The summed E-state index contributed by atoms with van der Waals surface area (Å²) in [5, 5.41) is 3.49. The predicted octanol–water partition coefficient (Wildman–Crippen LogP) is 2.16. The first-order chi connectivity index (χ1) is 7.07. The van der Waals surface area contributed by atoms with Gasteiger partial charge in [-0.3, -0.25) is 0 Å². The second-order valence-corrected chi connectivity index (χ2v) is 4.51. The molecule has 0 saturated carbocycles. The van der Waals surface area contributed by atoms with E-state index in [0.29, 0.717) is 17.9 Å². The molecule has 1 heterocycles. The average molecular weight is 209 g/mol. The van der Waals surface area contributed by atoms with E-state index in [1.54, 1.807) is 0 Å². The molecule has 0 spiro atoms. The molecule has 2 unspecified atom stereocenters. The van der Waals surface area contributed by atoms with Crippen LogP contribution in [0.1, 0.15) is 39.4 Å². The van der Waals surface area contributed by atoms with Crippen molar-refractivity contribution >= 4 is 0 Å². The molecule has 3 heteroatoms. The van der Waals surface area contributed by atoms with E-state index < -0.39 is 0 Å². The van der Waals surface area contributed by atoms with E-state index in [-0.39, 0.29) is 0 Å². The van der Waals surface area contributed by atoms with E-state index in [9.17, 15) is 0 Å². The van der Waals surface area contributed by atoms with Gasteiger partial charge in [-0.1, -0.05) is 20.8 Å². The Labute approximate surface area is 92.9 Å². The standard InChI is InChI=1S/C12H23N3/c1-6-13-10(4)11(9(2)3)12-14-7-8-15(12)5/h7-11,13H,6H2,1-5H3. The zero-order valence-corrected chi connectivity index (χ0v) is 10.5. The molecule has 15 heavy (non-hydrogen) atoms. The number of hydrogen-bond acceptors (Lipinski definition) is 2. The van der Waals surface area contributed by atoms with E-state index in [0.717, 1.165) is 6.54 Å². The van der Waals surface area contributed by atoms with Crippen LogP contribution < -0.4 is 5.32 Å². The average Bonchev–Trinajstić information content (AvgIpc) is 2.52. The van der Waals surface area contributed by atoms with Gasteiger partial charge >= 0.3 is 0 Å². The third kappa shape index (κ3) is 2.81. The number of nitrogens with one attached hydrogen (secondary N) is 1. The van der Waals surface area contributed by atoms with Gasteiger partial charge in [0.15, 0.2) is 0 Å². The Morgan fingerprint density at radius 2 is 2.07 bits per heavy atom. The summed E-state index contributed by atoms with van der Waals surface area (Å²) in [4.78, 5) is 4.46. The Kier molecular flexibility index (Phi) is 4.33. The smallest absolute Gasteiger partial charge is 0.113 e. The molecule has 0 radical (unpaired) electrons. The number of likely N-dealkylation sites (N-methyl/N-ethyl adjacent to an activating group) is 1. The van der Waals surface area contributed by atoms with E-state index in [2.05, 4.69) is 49.6 Å². The summed E-state index contributed by atoms with van der Waals surface area (Å²) >= 11 is 0. The van der Waals surface area contributed by atoms with Crippen molar-refractivity contribution in [3.63, 3.8) is 0 Å². The summed E-state index contributed by atoms with van der Waals surface area (Å²) in [6.45, 7) is 9.91. The summed E-state index contributed by atoms with van der Waals surface area (Å²) in [6, 6.07) is 0.469. The molecular formula is C12H23N3. The number of rotatable bonds is 5. The summed E-state index contributed by atoms with van der Waals surface area (Å²) in [7, 11) is 2.07. The number of aromatic nitrogens is 2. The molecule has 0 fully saturated rings. The molecule has 0 bridgehead atoms. The fraction of sp³-hybridized carbons (Fsp3) is 0.750. The van der Waals surface area contributed by atoms with Crippen molar-refractivity contribution in [2.24, 2.45) is 13.0 Å². The summed E-state index contributed by atoms with van der Waals surface area (Å²) < 4.78 is 2.12. The van der Waals surface area contributed by atoms with Gasteiger partial charge in [-0.05, 0) is 19.4 Å². The molecule has 0 aliphatic rings. The molecule has 1 N–H and O–H groups in total.